The summed E-state index contributed by atoms with van der Waals surface area (Å²) >= 11 is 1.63. The molecule has 1 atom stereocenters. The summed E-state index contributed by atoms with van der Waals surface area (Å²) < 4.78 is 2.14. The van der Waals surface area contributed by atoms with E-state index in [1.165, 1.54) is 0 Å². The maximum absolute atomic E-state index is 9.32. The fraction of sp³-hybridized carbons (Fsp3) is 0.350. The Balaban J connectivity index is 1.99. The lowest BCUT2D eigenvalue weighted by molar-refractivity contribution is 0.226. The van der Waals surface area contributed by atoms with Gasteiger partial charge in [0.15, 0.2) is 5.16 Å². The number of aliphatic hydroxyl groups is 1. The molecule has 136 valence electrons. The second-order valence-corrected chi connectivity index (χ2v) is 7.50. The minimum atomic E-state index is 0.196. The van der Waals surface area contributed by atoms with Crippen LogP contribution >= 0.6 is 11.8 Å². The largest absolute Gasteiger partial charge is 0.396 e. The molecule has 26 heavy (non-hydrogen) atoms. The second-order valence-electron chi connectivity index (χ2n) is 6.26. The number of aryl methyl sites for hydroxylation is 1. The SMILES string of the molecule is CCSc1ncc(-c2c(-c3ccccc3)ncn2CC[C@@H](C)CO)cn1. The van der Waals surface area contributed by atoms with E-state index in [-0.39, 0.29) is 12.5 Å². The van der Waals surface area contributed by atoms with Crippen molar-refractivity contribution >= 4 is 11.8 Å². The first-order valence-electron chi connectivity index (χ1n) is 8.89. The number of rotatable bonds is 8. The van der Waals surface area contributed by atoms with Crippen LogP contribution in [0.25, 0.3) is 22.5 Å². The van der Waals surface area contributed by atoms with Crippen molar-refractivity contribution in [2.75, 3.05) is 12.4 Å². The molecule has 0 amide bonds. The first kappa shape index (κ1) is 18.6. The van der Waals surface area contributed by atoms with Crippen molar-refractivity contribution in [3.63, 3.8) is 0 Å². The minimum absolute atomic E-state index is 0.196. The van der Waals surface area contributed by atoms with Crippen LogP contribution in [0, 0.1) is 5.92 Å². The highest BCUT2D eigenvalue weighted by atomic mass is 32.2. The summed E-state index contributed by atoms with van der Waals surface area (Å²) in [4.78, 5) is 13.6. The molecule has 2 aromatic heterocycles. The molecule has 0 aliphatic carbocycles. The molecule has 0 aliphatic heterocycles. The lowest BCUT2D eigenvalue weighted by atomic mass is 10.1. The Hall–Kier alpha value is -2.18. The molecule has 0 bridgehead atoms. The van der Waals surface area contributed by atoms with Gasteiger partial charge in [0, 0.05) is 36.7 Å². The zero-order chi connectivity index (χ0) is 18.4. The van der Waals surface area contributed by atoms with Crippen LogP contribution in [0.5, 0.6) is 0 Å². The van der Waals surface area contributed by atoms with Crippen molar-refractivity contribution in [2.24, 2.45) is 5.92 Å². The van der Waals surface area contributed by atoms with Crippen LogP contribution in [-0.4, -0.2) is 37.0 Å². The first-order valence-corrected chi connectivity index (χ1v) is 9.88. The molecule has 0 radical (unpaired) electrons. The molecule has 6 heteroatoms. The molecular weight excluding hydrogens is 344 g/mol. The van der Waals surface area contributed by atoms with Crippen molar-refractivity contribution in [2.45, 2.75) is 32.0 Å². The van der Waals surface area contributed by atoms with E-state index in [1.807, 2.05) is 36.9 Å². The van der Waals surface area contributed by atoms with Crippen molar-refractivity contribution in [1.29, 1.82) is 0 Å². The van der Waals surface area contributed by atoms with Crippen LogP contribution < -0.4 is 0 Å². The van der Waals surface area contributed by atoms with E-state index in [1.54, 1.807) is 11.8 Å². The van der Waals surface area contributed by atoms with Crippen LogP contribution in [0.15, 0.2) is 54.2 Å². The second kappa shape index (κ2) is 8.96. The quantitative estimate of drug-likeness (QED) is 0.478. The van der Waals surface area contributed by atoms with Crippen LogP contribution in [-0.2, 0) is 6.54 Å². The van der Waals surface area contributed by atoms with Gasteiger partial charge in [0.25, 0.3) is 0 Å². The maximum atomic E-state index is 9.32. The van der Waals surface area contributed by atoms with Crippen molar-refractivity contribution in [3.05, 3.63) is 49.1 Å². The molecule has 3 aromatic rings. The Morgan fingerprint density at radius 2 is 1.81 bits per heavy atom. The number of aliphatic hydroxyl groups excluding tert-OH is 1. The molecule has 0 saturated carbocycles. The molecule has 1 N–H and O–H groups in total. The Kier molecular flexibility index (Phi) is 6.41. The van der Waals surface area contributed by atoms with Crippen molar-refractivity contribution in [3.8, 4) is 22.5 Å². The molecule has 5 nitrogen and oxygen atoms in total. The summed E-state index contributed by atoms with van der Waals surface area (Å²) in [6, 6.07) is 10.2. The number of imidazole rings is 1. The summed E-state index contributed by atoms with van der Waals surface area (Å²) in [5.41, 5.74) is 3.98. The zero-order valence-electron chi connectivity index (χ0n) is 15.2. The monoisotopic (exact) mass is 368 g/mol. The summed E-state index contributed by atoms with van der Waals surface area (Å²) in [5, 5.41) is 10.1. The van der Waals surface area contributed by atoms with Gasteiger partial charge in [0.1, 0.15) is 0 Å². The molecule has 1 aromatic carbocycles. The molecule has 0 fully saturated rings. The number of hydrogen-bond acceptors (Lipinski definition) is 5. The highest BCUT2D eigenvalue weighted by molar-refractivity contribution is 7.99. The number of nitrogens with zero attached hydrogens (tertiary/aromatic N) is 4. The smallest absolute Gasteiger partial charge is 0.187 e. The van der Waals surface area contributed by atoms with E-state index in [4.69, 9.17) is 0 Å². The number of benzene rings is 1. The van der Waals surface area contributed by atoms with Crippen molar-refractivity contribution in [1.82, 2.24) is 19.5 Å². The highest BCUT2D eigenvalue weighted by Crippen LogP contribution is 2.31. The highest BCUT2D eigenvalue weighted by Gasteiger charge is 2.16. The topological polar surface area (TPSA) is 63.8 Å². The van der Waals surface area contributed by atoms with Gasteiger partial charge in [-0.25, -0.2) is 15.0 Å². The van der Waals surface area contributed by atoms with E-state index in [0.29, 0.717) is 0 Å². The molecule has 0 saturated heterocycles. The van der Waals surface area contributed by atoms with Gasteiger partial charge in [-0.1, -0.05) is 55.9 Å². The normalized spacial score (nSPS) is 12.3. The van der Waals surface area contributed by atoms with Gasteiger partial charge in [0.05, 0.1) is 17.7 Å². The van der Waals surface area contributed by atoms with E-state index < -0.39 is 0 Å². The third-order valence-corrected chi connectivity index (χ3v) is 4.99. The molecule has 3 rings (SSSR count). The molecule has 0 unspecified atom stereocenters. The Bertz CT molecular complexity index is 818. The Morgan fingerprint density at radius 3 is 2.46 bits per heavy atom. The average molecular weight is 369 g/mol. The minimum Gasteiger partial charge on any atom is -0.396 e. The van der Waals surface area contributed by atoms with Gasteiger partial charge in [-0.3, -0.25) is 0 Å². The standard InChI is InChI=1S/C20H24N4OS/c1-3-26-20-21-11-17(12-22-20)19-18(16-7-5-4-6-8-16)23-14-24(19)10-9-15(2)13-25/h4-8,11-12,14-15,25H,3,9-10,13H2,1-2H3/t15-/m1/s1. The average Bonchev–Trinajstić information content (AvgIpc) is 3.11. The molecular formula is C20H24N4OS. The van der Waals surface area contributed by atoms with Crippen LogP contribution in [0.1, 0.15) is 20.3 Å². The third-order valence-electron chi connectivity index (χ3n) is 4.23. The summed E-state index contributed by atoms with van der Waals surface area (Å²) in [5.74, 6) is 1.20. The van der Waals surface area contributed by atoms with Gasteiger partial charge in [-0.2, -0.15) is 0 Å². The molecule has 0 spiro atoms. The van der Waals surface area contributed by atoms with Crippen LogP contribution in [0.4, 0.5) is 0 Å². The van der Waals surface area contributed by atoms with E-state index in [2.05, 4.69) is 45.5 Å². The number of thioether (sulfide) groups is 1. The maximum Gasteiger partial charge on any atom is 0.187 e. The third kappa shape index (κ3) is 4.31. The summed E-state index contributed by atoms with van der Waals surface area (Å²) in [7, 11) is 0. The van der Waals surface area contributed by atoms with E-state index in [9.17, 15) is 5.11 Å². The van der Waals surface area contributed by atoms with E-state index >= 15 is 0 Å². The molecule has 2 heterocycles. The van der Waals surface area contributed by atoms with Crippen LogP contribution in [0.2, 0.25) is 0 Å². The summed E-state index contributed by atoms with van der Waals surface area (Å²) in [6.45, 7) is 5.13. The van der Waals surface area contributed by atoms with Gasteiger partial charge >= 0.3 is 0 Å². The fourth-order valence-corrected chi connectivity index (χ4v) is 3.27. The van der Waals surface area contributed by atoms with Crippen molar-refractivity contribution < 1.29 is 5.11 Å². The number of hydrogen-bond donors (Lipinski definition) is 1. The fourth-order valence-electron chi connectivity index (χ4n) is 2.75. The summed E-state index contributed by atoms with van der Waals surface area (Å²) in [6.07, 6.45) is 6.51. The van der Waals surface area contributed by atoms with E-state index in [0.717, 1.165) is 46.4 Å². The van der Waals surface area contributed by atoms with Gasteiger partial charge in [0.2, 0.25) is 0 Å². The lowest BCUT2D eigenvalue weighted by Crippen LogP contribution is -2.07. The van der Waals surface area contributed by atoms with Gasteiger partial charge in [-0.15, -0.1) is 0 Å². The number of aromatic nitrogens is 4. The van der Waals surface area contributed by atoms with Gasteiger partial charge < -0.3 is 9.67 Å². The lowest BCUT2D eigenvalue weighted by Gasteiger charge is -2.13. The Labute approximate surface area is 158 Å². The zero-order valence-corrected chi connectivity index (χ0v) is 16.0. The predicted molar refractivity (Wildman–Crippen MR) is 106 cm³/mol. The first-order chi connectivity index (χ1) is 12.7. The van der Waals surface area contributed by atoms with Gasteiger partial charge in [-0.05, 0) is 18.1 Å². The predicted octanol–water partition coefficient (Wildman–Crippen LogP) is 4.14. The molecule has 0 aliphatic rings. The van der Waals surface area contributed by atoms with Crippen LogP contribution in [0.3, 0.4) is 0 Å². The Morgan fingerprint density at radius 1 is 1.08 bits per heavy atom.